The molecule has 82 valence electrons. The molecule has 0 bridgehead atoms. The number of hydrogen-bond acceptors (Lipinski definition) is 3. The van der Waals surface area contributed by atoms with Gasteiger partial charge in [-0.2, -0.15) is 0 Å². The Morgan fingerprint density at radius 3 is 2.69 bits per heavy atom. The normalized spacial score (nSPS) is 10.3. The summed E-state index contributed by atoms with van der Waals surface area (Å²) in [6.07, 6.45) is 0. The fraction of sp³-hybridized carbons (Fsp3) is 0.0833. The SMILES string of the molecule is Nc1cc(=O)cc(-c2ccccc2CO)[nH]1. The van der Waals surface area contributed by atoms with Gasteiger partial charge < -0.3 is 15.8 Å². The summed E-state index contributed by atoms with van der Waals surface area (Å²) in [5.74, 6) is 0.315. The maximum Gasteiger partial charge on any atom is 0.184 e. The highest BCUT2D eigenvalue weighted by atomic mass is 16.3. The van der Waals surface area contributed by atoms with Crippen LogP contribution in [0.3, 0.4) is 0 Å². The molecule has 0 aliphatic carbocycles. The predicted octanol–water partition coefficient (Wildman–Crippen LogP) is 1.12. The van der Waals surface area contributed by atoms with Crippen LogP contribution in [0.2, 0.25) is 0 Å². The Morgan fingerprint density at radius 2 is 2.00 bits per heavy atom. The number of pyridine rings is 1. The average Bonchev–Trinajstić information content (AvgIpc) is 2.27. The Kier molecular flexibility index (Phi) is 2.74. The van der Waals surface area contributed by atoms with Gasteiger partial charge in [0, 0.05) is 17.7 Å². The van der Waals surface area contributed by atoms with Gasteiger partial charge in [0.1, 0.15) is 5.82 Å². The molecule has 4 N–H and O–H groups in total. The summed E-state index contributed by atoms with van der Waals surface area (Å²) in [6.45, 7) is -0.0764. The fourth-order valence-corrected chi connectivity index (χ4v) is 1.63. The monoisotopic (exact) mass is 216 g/mol. The third-order valence-corrected chi connectivity index (χ3v) is 2.34. The molecule has 1 aromatic carbocycles. The summed E-state index contributed by atoms with van der Waals surface area (Å²) >= 11 is 0. The van der Waals surface area contributed by atoms with Gasteiger partial charge in [-0.3, -0.25) is 4.79 Å². The highest BCUT2D eigenvalue weighted by Crippen LogP contribution is 2.21. The Labute approximate surface area is 92.4 Å². The molecule has 0 radical (unpaired) electrons. The predicted molar refractivity (Wildman–Crippen MR) is 62.8 cm³/mol. The summed E-state index contributed by atoms with van der Waals surface area (Å²) < 4.78 is 0. The maximum atomic E-state index is 11.3. The van der Waals surface area contributed by atoms with Crippen LogP contribution in [0, 0.1) is 0 Å². The van der Waals surface area contributed by atoms with Crippen LogP contribution in [0.25, 0.3) is 11.3 Å². The van der Waals surface area contributed by atoms with Crippen LogP contribution in [0.1, 0.15) is 5.56 Å². The van der Waals surface area contributed by atoms with E-state index >= 15 is 0 Å². The average molecular weight is 216 g/mol. The van der Waals surface area contributed by atoms with Crippen LogP contribution >= 0.6 is 0 Å². The minimum Gasteiger partial charge on any atom is -0.392 e. The molecule has 4 heteroatoms. The summed E-state index contributed by atoms with van der Waals surface area (Å²) in [4.78, 5) is 14.2. The topological polar surface area (TPSA) is 79.1 Å². The van der Waals surface area contributed by atoms with Crippen LogP contribution in [0.15, 0.2) is 41.2 Å². The number of rotatable bonds is 2. The zero-order valence-corrected chi connectivity index (χ0v) is 8.60. The standard InChI is InChI=1S/C12H12N2O2/c13-12-6-9(16)5-11(14-12)10-4-2-1-3-8(10)7-15/h1-6,15H,7H2,(H3,13,14,16). The quantitative estimate of drug-likeness (QED) is 0.703. The van der Waals surface area contributed by atoms with Crippen molar-refractivity contribution in [3.63, 3.8) is 0 Å². The molecule has 0 fully saturated rings. The number of aromatic amines is 1. The zero-order chi connectivity index (χ0) is 11.5. The molecule has 0 spiro atoms. The molecule has 0 saturated carbocycles. The molecule has 0 aliphatic heterocycles. The van der Waals surface area contributed by atoms with E-state index in [0.29, 0.717) is 11.5 Å². The van der Waals surface area contributed by atoms with Gasteiger partial charge in [-0.15, -0.1) is 0 Å². The molecule has 2 aromatic rings. The molecule has 0 amide bonds. The molecule has 4 nitrogen and oxygen atoms in total. The number of H-pyrrole nitrogens is 1. The van der Waals surface area contributed by atoms with E-state index in [9.17, 15) is 9.90 Å². The van der Waals surface area contributed by atoms with Crippen molar-refractivity contribution in [2.45, 2.75) is 6.61 Å². The molecule has 2 rings (SSSR count). The van der Waals surface area contributed by atoms with Crippen molar-refractivity contribution in [1.29, 1.82) is 0 Å². The van der Waals surface area contributed by atoms with Crippen molar-refractivity contribution in [2.75, 3.05) is 5.73 Å². The molecule has 1 aromatic heterocycles. The maximum absolute atomic E-state index is 11.3. The van der Waals surface area contributed by atoms with E-state index in [1.54, 1.807) is 6.07 Å². The van der Waals surface area contributed by atoms with Gasteiger partial charge in [0.05, 0.1) is 12.3 Å². The first kappa shape index (κ1) is 10.4. The number of aliphatic hydroxyl groups excluding tert-OH is 1. The van der Waals surface area contributed by atoms with Crippen molar-refractivity contribution in [1.82, 2.24) is 4.98 Å². The molecule has 0 unspecified atom stereocenters. The molecule has 1 heterocycles. The number of aliphatic hydroxyl groups is 1. The van der Waals surface area contributed by atoms with Gasteiger partial charge in [-0.25, -0.2) is 0 Å². The summed E-state index contributed by atoms with van der Waals surface area (Å²) in [6, 6.07) is 10.1. The third kappa shape index (κ3) is 1.97. The largest absolute Gasteiger partial charge is 0.392 e. The number of nitrogens with two attached hydrogens (primary N) is 1. The number of anilines is 1. The number of aromatic nitrogens is 1. The van der Waals surface area contributed by atoms with Gasteiger partial charge in [-0.05, 0) is 5.56 Å². The lowest BCUT2D eigenvalue weighted by atomic mass is 10.0. The van der Waals surface area contributed by atoms with Crippen molar-refractivity contribution in [3.8, 4) is 11.3 Å². The van der Waals surface area contributed by atoms with E-state index in [1.165, 1.54) is 12.1 Å². The van der Waals surface area contributed by atoms with E-state index in [0.717, 1.165) is 11.1 Å². The van der Waals surface area contributed by atoms with E-state index in [1.807, 2.05) is 18.2 Å². The first-order valence-corrected chi connectivity index (χ1v) is 4.89. The van der Waals surface area contributed by atoms with E-state index in [2.05, 4.69) is 4.98 Å². The summed E-state index contributed by atoms with van der Waals surface area (Å²) in [7, 11) is 0. The van der Waals surface area contributed by atoms with Crippen LogP contribution < -0.4 is 11.2 Å². The van der Waals surface area contributed by atoms with Crippen molar-refractivity contribution in [3.05, 3.63) is 52.2 Å². The second-order valence-electron chi connectivity index (χ2n) is 3.50. The van der Waals surface area contributed by atoms with E-state index < -0.39 is 0 Å². The van der Waals surface area contributed by atoms with Crippen molar-refractivity contribution in [2.24, 2.45) is 0 Å². The Bertz CT molecular complexity index is 561. The molecular weight excluding hydrogens is 204 g/mol. The van der Waals surface area contributed by atoms with E-state index in [4.69, 9.17) is 5.73 Å². The van der Waals surface area contributed by atoms with Crippen molar-refractivity contribution < 1.29 is 5.11 Å². The summed E-state index contributed by atoms with van der Waals surface area (Å²) in [5, 5.41) is 9.20. The van der Waals surface area contributed by atoms with Crippen molar-refractivity contribution >= 4 is 5.82 Å². The lowest BCUT2D eigenvalue weighted by Crippen LogP contribution is -2.04. The Balaban J connectivity index is 2.62. The Morgan fingerprint density at radius 1 is 1.25 bits per heavy atom. The molecular formula is C12H12N2O2. The molecule has 16 heavy (non-hydrogen) atoms. The fourth-order valence-electron chi connectivity index (χ4n) is 1.63. The minimum atomic E-state index is -0.154. The van der Waals surface area contributed by atoms with Gasteiger partial charge in [-0.1, -0.05) is 24.3 Å². The highest BCUT2D eigenvalue weighted by molar-refractivity contribution is 5.64. The van der Waals surface area contributed by atoms with Gasteiger partial charge >= 0.3 is 0 Å². The third-order valence-electron chi connectivity index (χ3n) is 2.34. The van der Waals surface area contributed by atoms with Gasteiger partial charge in [0.2, 0.25) is 0 Å². The first-order valence-electron chi connectivity index (χ1n) is 4.89. The minimum absolute atomic E-state index is 0.0764. The highest BCUT2D eigenvalue weighted by Gasteiger charge is 2.05. The molecule has 0 saturated heterocycles. The van der Waals surface area contributed by atoms with E-state index in [-0.39, 0.29) is 12.0 Å². The second-order valence-corrected chi connectivity index (χ2v) is 3.50. The van der Waals surface area contributed by atoms with Crippen LogP contribution in [0.4, 0.5) is 5.82 Å². The number of nitrogens with one attached hydrogen (secondary N) is 1. The lowest BCUT2D eigenvalue weighted by molar-refractivity contribution is 0.282. The number of nitrogen functional groups attached to an aromatic ring is 1. The zero-order valence-electron chi connectivity index (χ0n) is 8.60. The Hall–Kier alpha value is -2.07. The van der Waals surface area contributed by atoms with Crippen LogP contribution in [-0.4, -0.2) is 10.1 Å². The summed E-state index contributed by atoms with van der Waals surface area (Å²) in [5.41, 5.74) is 7.58. The van der Waals surface area contributed by atoms with Gasteiger partial charge in [0.25, 0.3) is 0 Å². The molecule has 0 atom stereocenters. The number of hydrogen-bond donors (Lipinski definition) is 3. The van der Waals surface area contributed by atoms with Gasteiger partial charge in [0.15, 0.2) is 5.43 Å². The van der Waals surface area contributed by atoms with Crippen LogP contribution in [-0.2, 0) is 6.61 Å². The first-order chi connectivity index (χ1) is 7.70. The number of benzene rings is 1. The smallest absolute Gasteiger partial charge is 0.184 e. The lowest BCUT2D eigenvalue weighted by Gasteiger charge is -2.07. The van der Waals surface area contributed by atoms with Crippen LogP contribution in [0.5, 0.6) is 0 Å². The second kappa shape index (κ2) is 4.20. The molecule has 0 aliphatic rings.